The van der Waals surface area contributed by atoms with Gasteiger partial charge in [-0.2, -0.15) is 8.75 Å². The third-order valence-electron chi connectivity index (χ3n) is 5.49. The van der Waals surface area contributed by atoms with Gasteiger partial charge in [0, 0.05) is 17.6 Å². The molecular formula is C26H22N2O6S. The Morgan fingerprint density at radius 3 is 2.29 bits per heavy atom. The van der Waals surface area contributed by atoms with Gasteiger partial charge in [0.25, 0.3) is 0 Å². The number of carboxylic acids is 1. The largest absolute Gasteiger partial charge is 0.497 e. The second kappa shape index (κ2) is 10.4. The minimum Gasteiger partial charge on any atom is -0.497 e. The Balaban J connectivity index is 1.92. The zero-order valence-corrected chi connectivity index (χ0v) is 20.1. The molecule has 3 aromatic carbocycles. The third-order valence-corrected chi connectivity index (χ3v) is 6.05. The van der Waals surface area contributed by atoms with E-state index >= 15 is 0 Å². The number of aliphatic carboxylic acids is 1. The molecule has 4 aromatic rings. The van der Waals surface area contributed by atoms with Gasteiger partial charge in [-0.3, -0.25) is 4.79 Å². The molecule has 0 aliphatic carbocycles. The first-order valence-electron chi connectivity index (χ1n) is 10.5. The predicted molar refractivity (Wildman–Crippen MR) is 133 cm³/mol. The van der Waals surface area contributed by atoms with Gasteiger partial charge in [-0.05, 0) is 53.6 Å². The fraction of sp³-hybridized carbons (Fsp3) is 0.154. The number of carbonyl (C=O) groups is 2. The molecule has 1 heterocycles. The van der Waals surface area contributed by atoms with Gasteiger partial charge in [0.05, 0.1) is 38.6 Å². The first kappa shape index (κ1) is 23.9. The van der Waals surface area contributed by atoms with Crippen molar-refractivity contribution in [1.82, 2.24) is 8.75 Å². The fourth-order valence-corrected chi connectivity index (χ4v) is 4.30. The Labute approximate surface area is 205 Å². The van der Waals surface area contributed by atoms with Crippen molar-refractivity contribution in [1.29, 1.82) is 0 Å². The monoisotopic (exact) mass is 490 g/mol. The number of carbonyl (C=O) groups excluding carboxylic acids is 1. The summed E-state index contributed by atoms with van der Waals surface area (Å²) in [4.78, 5) is 26.4. The lowest BCUT2D eigenvalue weighted by molar-refractivity contribution is -0.130. The van der Waals surface area contributed by atoms with E-state index in [4.69, 9.17) is 14.2 Å². The summed E-state index contributed by atoms with van der Waals surface area (Å²) in [7, 11) is 4.52. The average Bonchev–Trinajstić information content (AvgIpc) is 3.35. The molecule has 0 aliphatic rings. The van der Waals surface area contributed by atoms with Crippen LogP contribution in [-0.2, 0) is 11.2 Å². The van der Waals surface area contributed by atoms with E-state index in [-0.39, 0.29) is 23.1 Å². The Morgan fingerprint density at radius 1 is 0.829 bits per heavy atom. The number of ketones is 1. The minimum atomic E-state index is -1.22. The summed E-state index contributed by atoms with van der Waals surface area (Å²) < 4.78 is 24.3. The number of hydrogen-bond donors (Lipinski definition) is 1. The molecule has 8 nitrogen and oxygen atoms in total. The molecule has 35 heavy (non-hydrogen) atoms. The molecule has 1 aromatic heterocycles. The highest BCUT2D eigenvalue weighted by atomic mass is 32.1. The Hall–Kier alpha value is -4.24. The normalized spacial score (nSPS) is 11.6. The van der Waals surface area contributed by atoms with Crippen LogP contribution in [0.15, 0.2) is 66.2 Å². The van der Waals surface area contributed by atoms with Crippen molar-refractivity contribution < 1.29 is 28.9 Å². The van der Waals surface area contributed by atoms with Crippen LogP contribution in [0.3, 0.4) is 0 Å². The van der Waals surface area contributed by atoms with Gasteiger partial charge in [0.2, 0.25) is 0 Å². The summed E-state index contributed by atoms with van der Waals surface area (Å²) in [6, 6.07) is 16.9. The maximum absolute atomic E-state index is 13.8. The highest BCUT2D eigenvalue weighted by Gasteiger charge is 2.25. The molecule has 0 saturated carbocycles. The molecule has 1 N–H and O–H groups in total. The molecule has 0 bridgehead atoms. The number of carboxylic acid groups (broad SMARTS) is 1. The van der Waals surface area contributed by atoms with Crippen LogP contribution in [0.1, 0.15) is 21.5 Å². The summed E-state index contributed by atoms with van der Waals surface area (Å²) in [5.74, 6) is -0.234. The quantitative estimate of drug-likeness (QED) is 0.266. The highest BCUT2D eigenvalue weighted by molar-refractivity contribution is 7.00. The Bertz CT molecular complexity index is 1440. The summed E-state index contributed by atoms with van der Waals surface area (Å²) >= 11 is 1.04. The molecule has 0 spiro atoms. The zero-order valence-electron chi connectivity index (χ0n) is 19.3. The van der Waals surface area contributed by atoms with Crippen LogP contribution in [0.25, 0.3) is 16.6 Å². The molecule has 0 amide bonds. The van der Waals surface area contributed by atoms with E-state index in [1.807, 2.05) is 6.07 Å². The molecular weight excluding hydrogens is 468 g/mol. The highest BCUT2D eigenvalue weighted by Crippen LogP contribution is 2.32. The predicted octanol–water partition coefficient (Wildman–Crippen LogP) is 4.68. The van der Waals surface area contributed by atoms with Crippen molar-refractivity contribution in [2.75, 3.05) is 21.3 Å². The number of rotatable bonds is 9. The average molecular weight is 491 g/mol. The molecule has 178 valence electrons. The molecule has 0 fully saturated rings. The van der Waals surface area contributed by atoms with E-state index < -0.39 is 11.8 Å². The number of ether oxygens (including phenoxy) is 3. The number of benzene rings is 3. The molecule has 0 unspecified atom stereocenters. The zero-order chi connectivity index (χ0) is 24.9. The van der Waals surface area contributed by atoms with Crippen LogP contribution in [-0.4, -0.2) is 46.9 Å². The summed E-state index contributed by atoms with van der Waals surface area (Å²) in [5, 5.41) is 10.3. The van der Waals surface area contributed by atoms with E-state index in [9.17, 15) is 14.7 Å². The topological polar surface area (TPSA) is 108 Å². The lowest BCUT2D eigenvalue weighted by Gasteiger charge is -2.15. The van der Waals surface area contributed by atoms with Crippen molar-refractivity contribution >= 4 is 40.1 Å². The van der Waals surface area contributed by atoms with E-state index in [1.165, 1.54) is 14.2 Å². The van der Waals surface area contributed by atoms with Crippen molar-refractivity contribution in [3.63, 3.8) is 0 Å². The number of Topliss-reactive ketones (excluding diaryl/α,β-unsaturated/α-hetero) is 1. The minimum absolute atomic E-state index is 0.0688. The van der Waals surface area contributed by atoms with Gasteiger partial charge in [-0.1, -0.05) is 18.2 Å². The van der Waals surface area contributed by atoms with Crippen LogP contribution in [0.4, 0.5) is 0 Å². The van der Waals surface area contributed by atoms with Crippen molar-refractivity contribution in [3.8, 4) is 17.2 Å². The molecule has 4 rings (SSSR count). The van der Waals surface area contributed by atoms with Crippen LogP contribution in [0, 0.1) is 0 Å². The van der Waals surface area contributed by atoms with Gasteiger partial charge >= 0.3 is 5.97 Å². The van der Waals surface area contributed by atoms with Gasteiger partial charge in [-0.15, -0.1) is 0 Å². The third kappa shape index (κ3) is 4.99. The van der Waals surface area contributed by atoms with Crippen molar-refractivity contribution in [3.05, 3.63) is 82.9 Å². The maximum Gasteiger partial charge on any atom is 0.336 e. The summed E-state index contributed by atoms with van der Waals surface area (Å²) in [6.45, 7) is 0. The first-order valence-corrected chi connectivity index (χ1v) is 11.3. The summed E-state index contributed by atoms with van der Waals surface area (Å²) in [6.07, 6.45) is 0.0688. The SMILES string of the molecule is COc1cccc(C/C(C(=O)c2ccc(OC)c(OC)c2)=C(\C(=O)O)c2ccc3nsnc3c2)c1. The molecule has 0 aliphatic heterocycles. The number of hydrogen-bond acceptors (Lipinski definition) is 8. The number of fused-ring (bicyclic) bond motifs is 1. The lowest BCUT2D eigenvalue weighted by Crippen LogP contribution is -2.14. The standard InChI is InChI=1S/C26H22N2O6S/c1-32-18-6-4-5-15(11-18)12-19(25(29)17-8-10-22(33-2)23(14-17)34-3)24(26(30)31)16-7-9-20-21(13-16)28-35-27-20/h4-11,13-14H,12H2,1-3H3,(H,30,31)/b24-19+. The Morgan fingerprint density at radius 2 is 1.57 bits per heavy atom. The first-order chi connectivity index (χ1) is 16.9. The van der Waals surface area contributed by atoms with E-state index in [0.717, 1.165) is 17.3 Å². The number of nitrogens with zero attached hydrogens (tertiary/aromatic N) is 2. The fourth-order valence-electron chi connectivity index (χ4n) is 3.78. The number of methoxy groups -OCH3 is 3. The van der Waals surface area contributed by atoms with Gasteiger partial charge in [0.15, 0.2) is 17.3 Å². The van der Waals surface area contributed by atoms with Gasteiger partial charge < -0.3 is 19.3 Å². The molecule has 0 atom stereocenters. The molecule has 0 saturated heterocycles. The van der Waals surface area contributed by atoms with Crippen LogP contribution in [0.2, 0.25) is 0 Å². The van der Waals surface area contributed by atoms with Crippen LogP contribution >= 0.6 is 11.7 Å². The summed E-state index contributed by atoms with van der Waals surface area (Å²) in [5.41, 5.74) is 2.58. The second-order valence-electron chi connectivity index (χ2n) is 7.55. The van der Waals surface area contributed by atoms with E-state index in [1.54, 1.807) is 61.7 Å². The number of allylic oxidation sites excluding steroid dienone is 1. The van der Waals surface area contributed by atoms with E-state index in [2.05, 4.69) is 8.75 Å². The molecule has 0 radical (unpaired) electrons. The Kier molecular flexibility index (Phi) is 7.07. The lowest BCUT2D eigenvalue weighted by atomic mass is 9.89. The van der Waals surface area contributed by atoms with E-state index in [0.29, 0.717) is 33.8 Å². The smallest absolute Gasteiger partial charge is 0.336 e. The van der Waals surface area contributed by atoms with Crippen LogP contribution < -0.4 is 14.2 Å². The number of aromatic nitrogens is 2. The maximum atomic E-state index is 13.8. The molecule has 9 heteroatoms. The van der Waals surface area contributed by atoms with Gasteiger partial charge in [-0.25, -0.2) is 4.79 Å². The second-order valence-corrected chi connectivity index (χ2v) is 8.08. The van der Waals surface area contributed by atoms with Crippen molar-refractivity contribution in [2.45, 2.75) is 6.42 Å². The van der Waals surface area contributed by atoms with Crippen LogP contribution in [0.5, 0.6) is 17.2 Å². The van der Waals surface area contributed by atoms with Gasteiger partial charge in [0.1, 0.15) is 16.8 Å². The van der Waals surface area contributed by atoms with Crippen molar-refractivity contribution in [2.24, 2.45) is 0 Å².